The highest BCUT2D eigenvalue weighted by molar-refractivity contribution is 7.18. The minimum atomic E-state index is 0.222. The predicted octanol–water partition coefficient (Wildman–Crippen LogP) is 2.87. The van der Waals surface area contributed by atoms with Gasteiger partial charge in [0.2, 0.25) is 5.91 Å². The van der Waals surface area contributed by atoms with Gasteiger partial charge in [-0.3, -0.25) is 9.69 Å². The van der Waals surface area contributed by atoms with Gasteiger partial charge in [0.15, 0.2) is 5.76 Å². The van der Waals surface area contributed by atoms with Crippen molar-refractivity contribution in [1.29, 1.82) is 0 Å². The van der Waals surface area contributed by atoms with Gasteiger partial charge in [-0.05, 0) is 19.1 Å². The summed E-state index contributed by atoms with van der Waals surface area (Å²) in [6, 6.07) is 10.1. The maximum absolute atomic E-state index is 12.5. The molecule has 1 amide bonds. The van der Waals surface area contributed by atoms with Crippen molar-refractivity contribution in [1.82, 2.24) is 19.9 Å². The van der Waals surface area contributed by atoms with Gasteiger partial charge < -0.3 is 9.42 Å². The number of nitrogens with zero attached hydrogens (tertiary/aromatic N) is 4. The van der Waals surface area contributed by atoms with E-state index in [2.05, 4.69) is 21.1 Å². The lowest BCUT2D eigenvalue weighted by atomic mass is 10.2. The zero-order valence-corrected chi connectivity index (χ0v) is 15.7. The van der Waals surface area contributed by atoms with Crippen molar-refractivity contribution >= 4 is 27.5 Å². The molecule has 0 radical (unpaired) electrons. The third-order valence-corrected chi connectivity index (χ3v) is 5.77. The van der Waals surface area contributed by atoms with E-state index in [-0.39, 0.29) is 5.91 Å². The SMILES string of the molecule is Cc1cc(CN2CCN(C(=O)CCc3nc4ccccc4s3)CC2)on1. The molecule has 1 aromatic carbocycles. The van der Waals surface area contributed by atoms with Crippen LogP contribution >= 0.6 is 11.3 Å². The van der Waals surface area contributed by atoms with E-state index >= 15 is 0 Å². The van der Waals surface area contributed by atoms with Gasteiger partial charge in [-0.1, -0.05) is 17.3 Å². The van der Waals surface area contributed by atoms with Gasteiger partial charge in [0, 0.05) is 45.1 Å². The zero-order valence-electron chi connectivity index (χ0n) is 14.9. The maximum atomic E-state index is 12.5. The number of amides is 1. The minimum Gasteiger partial charge on any atom is -0.360 e. The molecule has 0 bridgehead atoms. The fourth-order valence-electron chi connectivity index (χ4n) is 3.27. The number of fused-ring (bicyclic) bond motifs is 1. The number of hydrogen-bond donors (Lipinski definition) is 0. The van der Waals surface area contributed by atoms with E-state index < -0.39 is 0 Å². The van der Waals surface area contributed by atoms with E-state index in [4.69, 9.17) is 4.52 Å². The summed E-state index contributed by atoms with van der Waals surface area (Å²) >= 11 is 1.68. The Hall–Kier alpha value is -2.25. The van der Waals surface area contributed by atoms with Crippen LogP contribution < -0.4 is 0 Å². The Morgan fingerprint density at radius 2 is 2.04 bits per heavy atom. The number of aryl methyl sites for hydroxylation is 2. The molecule has 1 saturated heterocycles. The maximum Gasteiger partial charge on any atom is 0.223 e. The normalized spacial score (nSPS) is 15.7. The third-order valence-electron chi connectivity index (χ3n) is 4.67. The van der Waals surface area contributed by atoms with E-state index in [1.54, 1.807) is 11.3 Å². The number of benzene rings is 1. The predicted molar refractivity (Wildman–Crippen MR) is 101 cm³/mol. The summed E-state index contributed by atoms with van der Waals surface area (Å²) in [7, 11) is 0. The quantitative estimate of drug-likeness (QED) is 0.691. The second-order valence-corrected chi connectivity index (χ2v) is 7.78. The molecule has 6 nitrogen and oxygen atoms in total. The topological polar surface area (TPSA) is 62.5 Å². The summed E-state index contributed by atoms with van der Waals surface area (Å²) < 4.78 is 6.46. The van der Waals surface area contributed by atoms with Crippen molar-refractivity contribution in [3.63, 3.8) is 0 Å². The second kappa shape index (κ2) is 7.55. The first kappa shape index (κ1) is 17.2. The van der Waals surface area contributed by atoms with Crippen molar-refractivity contribution < 1.29 is 9.32 Å². The van der Waals surface area contributed by atoms with Gasteiger partial charge >= 0.3 is 0 Å². The molecule has 1 aliphatic rings. The molecule has 26 heavy (non-hydrogen) atoms. The fourth-order valence-corrected chi connectivity index (χ4v) is 4.23. The van der Waals surface area contributed by atoms with Crippen molar-refractivity contribution in [2.24, 2.45) is 0 Å². The minimum absolute atomic E-state index is 0.222. The largest absolute Gasteiger partial charge is 0.360 e. The fraction of sp³-hybridized carbons (Fsp3) is 0.421. The Morgan fingerprint density at radius 1 is 1.23 bits per heavy atom. The monoisotopic (exact) mass is 370 g/mol. The van der Waals surface area contributed by atoms with Crippen LogP contribution in [0, 0.1) is 6.92 Å². The van der Waals surface area contributed by atoms with Crippen LogP contribution in [0.4, 0.5) is 0 Å². The number of para-hydroxylation sites is 1. The summed E-state index contributed by atoms with van der Waals surface area (Å²) in [5.41, 5.74) is 1.93. The summed E-state index contributed by atoms with van der Waals surface area (Å²) in [4.78, 5) is 21.4. The summed E-state index contributed by atoms with van der Waals surface area (Å²) in [5, 5.41) is 4.96. The van der Waals surface area contributed by atoms with Gasteiger partial charge in [-0.15, -0.1) is 11.3 Å². The first-order valence-corrected chi connectivity index (χ1v) is 9.76. The van der Waals surface area contributed by atoms with Crippen LogP contribution in [-0.2, 0) is 17.8 Å². The number of thiazole rings is 1. The van der Waals surface area contributed by atoms with Crippen LogP contribution in [-0.4, -0.2) is 52.0 Å². The second-order valence-electron chi connectivity index (χ2n) is 6.67. The van der Waals surface area contributed by atoms with Crippen LogP contribution in [0.15, 0.2) is 34.9 Å². The van der Waals surface area contributed by atoms with Gasteiger partial charge in [0.1, 0.15) is 0 Å². The number of carbonyl (C=O) groups excluding carboxylic acids is 1. The summed E-state index contributed by atoms with van der Waals surface area (Å²) in [6.07, 6.45) is 1.25. The van der Waals surface area contributed by atoms with E-state index in [0.29, 0.717) is 6.42 Å². The average Bonchev–Trinajstić information content (AvgIpc) is 3.25. The molecule has 3 aromatic rings. The number of carbonyl (C=O) groups is 1. The first-order valence-electron chi connectivity index (χ1n) is 8.94. The molecule has 0 spiro atoms. The Bertz CT molecular complexity index is 863. The van der Waals surface area contributed by atoms with Crippen LogP contribution in [0.25, 0.3) is 10.2 Å². The van der Waals surface area contributed by atoms with Crippen molar-refractivity contribution in [2.45, 2.75) is 26.3 Å². The first-order chi connectivity index (χ1) is 12.7. The molecule has 0 atom stereocenters. The molecule has 136 valence electrons. The molecule has 3 heterocycles. The molecule has 0 saturated carbocycles. The van der Waals surface area contributed by atoms with Crippen molar-refractivity contribution in [3.05, 3.63) is 46.8 Å². The Labute approximate surface area is 156 Å². The van der Waals surface area contributed by atoms with E-state index in [0.717, 1.165) is 61.1 Å². The molecular weight excluding hydrogens is 348 g/mol. The highest BCUT2D eigenvalue weighted by Crippen LogP contribution is 2.22. The highest BCUT2D eigenvalue weighted by Gasteiger charge is 2.22. The summed E-state index contributed by atoms with van der Waals surface area (Å²) in [5.74, 6) is 1.11. The van der Waals surface area contributed by atoms with E-state index in [9.17, 15) is 4.79 Å². The van der Waals surface area contributed by atoms with Gasteiger partial charge in [-0.25, -0.2) is 4.98 Å². The Kier molecular flexibility index (Phi) is 4.99. The lowest BCUT2D eigenvalue weighted by Gasteiger charge is -2.34. The van der Waals surface area contributed by atoms with Crippen LogP contribution in [0.1, 0.15) is 22.9 Å². The Balaban J connectivity index is 1.25. The highest BCUT2D eigenvalue weighted by atomic mass is 32.1. The van der Waals surface area contributed by atoms with Crippen LogP contribution in [0.3, 0.4) is 0 Å². The number of aromatic nitrogens is 2. The Morgan fingerprint density at radius 3 is 2.77 bits per heavy atom. The van der Waals surface area contributed by atoms with Gasteiger partial charge in [0.05, 0.1) is 27.5 Å². The number of hydrogen-bond acceptors (Lipinski definition) is 6. The average molecular weight is 370 g/mol. The molecule has 4 rings (SSSR count). The van der Waals surface area contributed by atoms with Gasteiger partial charge in [-0.2, -0.15) is 0 Å². The zero-order chi connectivity index (χ0) is 17.9. The molecule has 2 aromatic heterocycles. The van der Waals surface area contributed by atoms with Crippen molar-refractivity contribution in [2.75, 3.05) is 26.2 Å². The number of rotatable bonds is 5. The molecule has 7 heteroatoms. The standard InChI is InChI=1S/C19H22N4O2S/c1-14-12-15(25-21-14)13-22-8-10-23(11-9-22)19(24)7-6-18-20-16-4-2-3-5-17(16)26-18/h2-5,12H,6-11,13H2,1H3. The third kappa shape index (κ3) is 3.94. The van der Waals surface area contributed by atoms with Crippen LogP contribution in [0.5, 0.6) is 0 Å². The molecule has 1 fully saturated rings. The molecule has 1 aliphatic heterocycles. The lowest BCUT2D eigenvalue weighted by molar-refractivity contribution is -0.133. The van der Waals surface area contributed by atoms with Gasteiger partial charge in [0.25, 0.3) is 0 Å². The number of piperazine rings is 1. The molecule has 0 aliphatic carbocycles. The summed E-state index contributed by atoms with van der Waals surface area (Å²) in [6.45, 7) is 5.96. The van der Waals surface area contributed by atoms with Crippen LogP contribution in [0.2, 0.25) is 0 Å². The van der Waals surface area contributed by atoms with Crippen molar-refractivity contribution in [3.8, 4) is 0 Å². The molecular formula is C19H22N4O2S. The smallest absolute Gasteiger partial charge is 0.223 e. The van der Waals surface area contributed by atoms with E-state index in [1.165, 1.54) is 4.70 Å². The molecule has 0 N–H and O–H groups in total. The molecule has 0 unspecified atom stereocenters. The van der Waals surface area contributed by atoms with E-state index in [1.807, 2.05) is 36.1 Å². The lowest BCUT2D eigenvalue weighted by Crippen LogP contribution is -2.48.